The van der Waals surface area contributed by atoms with Gasteiger partial charge in [0, 0.05) is 29.2 Å². The maximum atomic E-state index is 15.4. The molecule has 362 valence electrons. The van der Waals surface area contributed by atoms with Crippen LogP contribution in [0.15, 0.2) is 72.8 Å². The van der Waals surface area contributed by atoms with Gasteiger partial charge in [-0.05, 0) is 30.2 Å². The molecule has 0 spiro atoms. The molecule has 0 aliphatic heterocycles. The van der Waals surface area contributed by atoms with Gasteiger partial charge >= 0.3 is 0 Å². The summed E-state index contributed by atoms with van der Waals surface area (Å²) in [6.07, 6.45) is -0.552. The van der Waals surface area contributed by atoms with Crippen molar-refractivity contribution in [2.24, 2.45) is 0 Å². The number of pyridine rings is 1. The Morgan fingerprint density at radius 1 is 0.420 bits per heavy atom. The zero-order valence-electron chi connectivity index (χ0n) is 34.2. The molecule has 1 nitrogen and oxygen atoms in total. The van der Waals surface area contributed by atoms with Crippen LogP contribution in [-0.2, 0) is 6.54 Å². The zero-order chi connectivity index (χ0) is 51.1. The van der Waals surface area contributed by atoms with Gasteiger partial charge in [-0.2, -0.15) is 17.2 Å². The van der Waals surface area contributed by atoms with E-state index in [2.05, 4.69) is 103 Å². The summed E-state index contributed by atoms with van der Waals surface area (Å²) in [6.45, 7) is 3.02. The molecule has 69 heavy (non-hydrogen) atoms. The number of halogens is 20. The van der Waals surface area contributed by atoms with Gasteiger partial charge < -0.3 is 0 Å². The molecule has 1 atom stereocenters. The van der Waals surface area contributed by atoms with E-state index in [0.29, 0.717) is 5.25 Å². The molecule has 0 amide bonds. The molecule has 0 aliphatic carbocycles. The second-order valence-electron chi connectivity index (χ2n) is 15.0. The molecular weight excluding hydrogens is 989 g/mol. The zero-order valence-corrected chi connectivity index (χ0v) is 35.1. The number of hydrogen-bond donors (Lipinski definition) is 1. The quantitative estimate of drug-likeness (QED) is 0.0348. The predicted octanol–water partition coefficient (Wildman–Crippen LogP) is 11.1. The largest absolute Gasteiger partial charge is 0.213 e. The van der Waals surface area contributed by atoms with E-state index in [1.54, 1.807) is 0 Å². The second-order valence-corrected chi connectivity index (χ2v) is 15.9. The number of nitrogens with zero attached hydrogens (tertiary/aromatic N) is 1. The summed E-state index contributed by atoms with van der Waals surface area (Å²) in [5.41, 5.74) is -10.5. The first kappa shape index (κ1) is 51.9. The Kier molecular flexibility index (Phi) is 15.2. The fourth-order valence-corrected chi connectivity index (χ4v) is 7.93. The highest BCUT2D eigenvalue weighted by molar-refractivity contribution is 7.80. The molecule has 7 aromatic rings. The van der Waals surface area contributed by atoms with Crippen molar-refractivity contribution < 1.29 is 92.4 Å². The first-order valence-electron chi connectivity index (χ1n) is 19.5. The summed E-state index contributed by atoms with van der Waals surface area (Å²) in [4.78, 5) is 0. The topological polar surface area (TPSA) is 3.88 Å². The van der Waals surface area contributed by atoms with Crippen LogP contribution in [0.4, 0.5) is 87.8 Å². The molecule has 0 radical (unpaired) electrons. The van der Waals surface area contributed by atoms with E-state index < -0.39 is 144 Å². The molecule has 7 rings (SSSR count). The van der Waals surface area contributed by atoms with E-state index >= 15 is 35.1 Å². The van der Waals surface area contributed by atoms with Crippen LogP contribution in [0.1, 0.15) is 31.0 Å². The van der Waals surface area contributed by atoms with Gasteiger partial charge in [-0.15, -0.1) is 21.9 Å². The summed E-state index contributed by atoms with van der Waals surface area (Å²) < 4.78 is 296. The summed E-state index contributed by atoms with van der Waals surface area (Å²) in [5, 5.41) is 1.72. The lowest BCUT2D eigenvalue weighted by Gasteiger charge is -2.44. The van der Waals surface area contributed by atoms with E-state index in [0.717, 1.165) is 19.4 Å². The lowest BCUT2D eigenvalue weighted by Crippen LogP contribution is -2.81. The van der Waals surface area contributed by atoms with Gasteiger partial charge in [-0.1, -0.05) is 55.5 Å². The fraction of sp³-hybridized carbons (Fsp3) is 0.109. The fourth-order valence-electron chi connectivity index (χ4n) is 7.78. The van der Waals surface area contributed by atoms with Crippen LogP contribution in [0.2, 0.25) is 0 Å². The van der Waals surface area contributed by atoms with Gasteiger partial charge in [0.05, 0.1) is 0 Å². The third kappa shape index (κ3) is 8.88. The molecule has 0 bridgehead atoms. The van der Waals surface area contributed by atoms with E-state index in [1.807, 2.05) is 0 Å². The number of aromatic nitrogens is 1. The van der Waals surface area contributed by atoms with Crippen LogP contribution in [0.25, 0.3) is 17.0 Å². The Morgan fingerprint density at radius 2 is 0.739 bits per heavy atom. The second kappa shape index (κ2) is 20.2. The minimum Gasteiger partial charge on any atom is -0.207 e. The molecule has 23 heteroatoms. The van der Waals surface area contributed by atoms with Gasteiger partial charge in [-0.25, -0.2) is 87.8 Å². The third-order valence-corrected chi connectivity index (χ3v) is 11.2. The molecule has 1 aromatic heterocycles. The number of benzene rings is 6. The van der Waals surface area contributed by atoms with Crippen molar-refractivity contribution in [1.29, 1.82) is 0 Å². The van der Waals surface area contributed by atoms with Crippen molar-refractivity contribution in [2.75, 3.05) is 0 Å². The van der Waals surface area contributed by atoms with Crippen molar-refractivity contribution in [3.63, 3.8) is 0 Å². The van der Waals surface area contributed by atoms with Gasteiger partial charge in [0.15, 0.2) is 76.4 Å². The highest BCUT2D eigenvalue weighted by atomic mass is 32.1. The molecule has 0 aliphatic rings. The van der Waals surface area contributed by atoms with Crippen LogP contribution in [0.3, 0.4) is 0 Å². The molecule has 0 N–H and O–H groups in total. The minimum absolute atomic E-state index is 0.447. The van der Waals surface area contributed by atoms with Gasteiger partial charge in [0.1, 0.15) is 52.7 Å². The highest BCUT2D eigenvalue weighted by Gasteiger charge is 2.52. The standard InChI is InChI=1S/C24BF20.C22H23NS/c26-5-1(6(27)14(35)21(42)13(5)34)25(2-7(28)15(36)22(43)16(37)8(2)29,3-9(30)17(38)23(44)18(39)10(3)31)4-11(32)19(40)24(45)20(41)12(4)33;1-18(24)9-5-7-13-21-16-15-20-12-6-8-14-22(20)23(21)17-19-10-3-2-4-11-19/h;2-4,6-8,10-16,18H,5,9,17H2,1H3/q-1;/p+1. The van der Waals surface area contributed by atoms with E-state index in [-0.39, 0.29) is 0 Å². The first-order valence-corrected chi connectivity index (χ1v) is 20.0. The predicted molar refractivity (Wildman–Crippen MR) is 216 cm³/mol. The normalized spacial score (nSPS) is 12.3. The van der Waals surface area contributed by atoms with Crippen molar-refractivity contribution in [3.8, 4) is 0 Å². The summed E-state index contributed by atoms with van der Waals surface area (Å²) in [7, 11) is 0. The molecule has 1 unspecified atom stereocenters. The van der Waals surface area contributed by atoms with Gasteiger partial charge in [0.2, 0.25) is 11.2 Å². The first-order chi connectivity index (χ1) is 32.4. The Bertz CT molecular complexity index is 2800. The Labute approximate surface area is 381 Å². The minimum atomic E-state index is -7.22. The molecule has 0 saturated carbocycles. The van der Waals surface area contributed by atoms with Gasteiger partial charge in [0.25, 0.3) is 0 Å². The van der Waals surface area contributed by atoms with Crippen LogP contribution in [0, 0.1) is 116 Å². The van der Waals surface area contributed by atoms with Crippen molar-refractivity contribution in [2.45, 2.75) is 31.6 Å². The number of thiol groups is 1. The number of fused-ring (bicyclic) bond motifs is 1. The molecule has 0 saturated heterocycles. The molecule has 1 heterocycles. The summed E-state index contributed by atoms with van der Waals surface area (Å²) >= 11 is 4.45. The average molecular weight is 1010 g/mol. The van der Waals surface area contributed by atoms with Crippen LogP contribution < -0.4 is 26.4 Å². The Hall–Kier alpha value is -6.52. The third-order valence-electron chi connectivity index (χ3n) is 10.9. The summed E-state index contributed by atoms with van der Waals surface area (Å²) in [6, 6.07) is 23.6. The van der Waals surface area contributed by atoms with E-state index in [9.17, 15) is 52.7 Å². The number of rotatable bonds is 10. The van der Waals surface area contributed by atoms with Crippen LogP contribution in [0.5, 0.6) is 0 Å². The highest BCUT2D eigenvalue weighted by Crippen LogP contribution is 2.31. The monoisotopic (exact) mass is 1010 g/mol. The van der Waals surface area contributed by atoms with Crippen LogP contribution >= 0.6 is 12.6 Å². The SMILES string of the molecule is CC(S)CCC=Cc1ccc2ccccc2[n+]1Cc1ccccc1.Fc1c(F)c(F)c([B-](c2c(F)c(F)c(F)c(F)c2F)(c2c(F)c(F)c(F)c(F)c2F)c2c(F)c(F)c(F)c(F)c2F)c(F)c1F. The lowest BCUT2D eigenvalue weighted by molar-refractivity contribution is -0.664. The van der Waals surface area contributed by atoms with Crippen LogP contribution in [-0.4, -0.2) is 11.4 Å². The number of hydrogen-bond acceptors (Lipinski definition) is 1. The number of para-hydroxylation sites is 1. The van der Waals surface area contributed by atoms with Crippen molar-refractivity contribution >= 4 is 57.6 Å². The van der Waals surface area contributed by atoms with Gasteiger partial charge in [-0.3, -0.25) is 0 Å². The summed E-state index contributed by atoms with van der Waals surface area (Å²) in [5.74, 6) is -71.4. The average Bonchev–Trinajstić information content (AvgIpc) is 3.33. The van der Waals surface area contributed by atoms with E-state index in [4.69, 9.17) is 0 Å². The molecule has 0 fully saturated rings. The maximum absolute atomic E-state index is 15.4. The maximum Gasteiger partial charge on any atom is 0.213 e. The number of allylic oxidation sites excluding steroid dienone is 1. The molecule has 6 aromatic carbocycles. The Morgan fingerprint density at radius 3 is 1.09 bits per heavy atom. The lowest BCUT2D eigenvalue weighted by atomic mass is 9.12. The van der Waals surface area contributed by atoms with Crippen molar-refractivity contribution in [1.82, 2.24) is 0 Å². The van der Waals surface area contributed by atoms with Crippen molar-refractivity contribution in [3.05, 3.63) is 200 Å². The smallest absolute Gasteiger partial charge is 0.207 e. The van der Waals surface area contributed by atoms with E-state index in [1.165, 1.54) is 22.2 Å². The molecular formula is C46H24BF20NS. The Balaban J connectivity index is 0.000000273.